The Labute approximate surface area is 243 Å². The fraction of sp³-hybridized carbons (Fsp3) is 0.355. The number of carbonyl (C=O) groups is 2. The van der Waals surface area contributed by atoms with E-state index in [4.69, 9.17) is 9.47 Å². The van der Waals surface area contributed by atoms with Gasteiger partial charge in [-0.3, -0.25) is 13.9 Å². The van der Waals surface area contributed by atoms with Crippen LogP contribution in [0.25, 0.3) is 0 Å². The Bertz CT molecular complexity index is 1400. The lowest BCUT2D eigenvalue weighted by Gasteiger charge is -2.34. The first kappa shape index (κ1) is 31.5. The molecule has 220 valence electrons. The Hall–Kier alpha value is -4.05. The molecule has 0 bridgehead atoms. The second kappa shape index (κ2) is 14.5. The number of hydrogen-bond donors (Lipinski definition) is 1. The Morgan fingerprint density at radius 3 is 2.07 bits per heavy atom. The highest BCUT2D eigenvalue weighted by atomic mass is 32.2. The second-order valence-corrected chi connectivity index (χ2v) is 11.5. The molecule has 0 aliphatic rings. The number of carbonyl (C=O) groups excluding carboxylic acids is 2. The molecule has 0 aliphatic heterocycles. The SMILES string of the molecule is CC[C@H](C(=O)N[C@@H](C)CC)N(Cc1ccccc1)C(=O)CN(c1ccccc1OC)S(=O)(=O)c1ccc(OC)cc1. The van der Waals surface area contributed by atoms with Gasteiger partial charge in [-0.1, -0.05) is 56.3 Å². The molecule has 3 aromatic rings. The molecular weight excluding hydrogens is 542 g/mol. The van der Waals surface area contributed by atoms with Crippen molar-refractivity contribution in [1.82, 2.24) is 10.2 Å². The minimum absolute atomic E-state index is 0.0202. The first-order chi connectivity index (χ1) is 19.7. The minimum Gasteiger partial charge on any atom is -0.497 e. The Balaban J connectivity index is 2.08. The van der Waals surface area contributed by atoms with E-state index in [1.165, 1.54) is 31.3 Å². The van der Waals surface area contributed by atoms with Crippen molar-refractivity contribution in [2.45, 2.75) is 57.1 Å². The van der Waals surface area contributed by atoms with Crippen LogP contribution >= 0.6 is 0 Å². The van der Waals surface area contributed by atoms with Gasteiger partial charge in [-0.05, 0) is 61.7 Å². The van der Waals surface area contributed by atoms with Crippen LogP contribution in [0.15, 0.2) is 83.8 Å². The topological polar surface area (TPSA) is 105 Å². The highest BCUT2D eigenvalue weighted by Gasteiger charge is 2.35. The average Bonchev–Trinajstić information content (AvgIpc) is 2.99. The normalized spacial score (nSPS) is 12.6. The van der Waals surface area contributed by atoms with Crippen molar-refractivity contribution >= 4 is 27.5 Å². The number of anilines is 1. The number of sulfonamides is 1. The Morgan fingerprint density at radius 1 is 0.854 bits per heavy atom. The third-order valence-corrected chi connectivity index (χ3v) is 8.64. The highest BCUT2D eigenvalue weighted by molar-refractivity contribution is 7.92. The van der Waals surface area contributed by atoms with Crippen LogP contribution < -0.4 is 19.1 Å². The van der Waals surface area contributed by atoms with Gasteiger partial charge in [0.15, 0.2) is 0 Å². The standard InChI is InChI=1S/C31H39N3O6S/c1-6-23(3)32-31(36)27(7-2)33(21-24-13-9-8-10-14-24)30(35)22-34(28-15-11-12-16-29(28)40-5)41(37,38)26-19-17-25(39-4)18-20-26/h8-20,23,27H,6-7,21-22H2,1-5H3,(H,32,36)/t23-,27+/m0/s1. The first-order valence-electron chi connectivity index (χ1n) is 13.6. The fourth-order valence-corrected chi connectivity index (χ4v) is 5.79. The number of nitrogens with one attached hydrogen (secondary N) is 1. The molecule has 0 saturated heterocycles. The lowest BCUT2D eigenvalue weighted by atomic mass is 10.1. The van der Waals surface area contributed by atoms with Gasteiger partial charge in [-0.15, -0.1) is 0 Å². The molecule has 0 unspecified atom stereocenters. The largest absolute Gasteiger partial charge is 0.497 e. The summed E-state index contributed by atoms with van der Waals surface area (Å²) in [4.78, 5) is 28.9. The number of amides is 2. The predicted octanol–water partition coefficient (Wildman–Crippen LogP) is 4.62. The van der Waals surface area contributed by atoms with Gasteiger partial charge >= 0.3 is 0 Å². The van der Waals surface area contributed by atoms with Crippen molar-refractivity contribution in [1.29, 1.82) is 0 Å². The van der Waals surface area contributed by atoms with E-state index < -0.39 is 28.5 Å². The number of para-hydroxylation sites is 2. The smallest absolute Gasteiger partial charge is 0.264 e. The van der Waals surface area contributed by atoms with Crippen molar-refractivity contribution in [3.63, 3.8) is 0 Å². The zero-order chi connectivity index (χ0) is 30.0. The minimum atomic E-state index is -4.24. The summed E-state index contributed by atoms with van der Waals surface area (Å²) in [5, 5.41) is 2.98. The van der Waals surface area contributed by atoms with E-state index in [2.05, 4.69) is 5.32 Å². The monoisotopic (exact) mass is 581 g/mol. The number of methoxy groups -OCH3 is 2. The summed E-state index contributed by atoms with van der Waals surface area (Å²) < 4.78 is 39.8. The van der Waals surface area contributed by atoms with Crippen LogP contribution in [0.4, 0.5) is 5.69 Å². The van der Waals surface area contributed by atoms with Gasteiger partial charge in [-0.25, -0.2) is 8.42 Å². The number of benzene rings is 3. The van der Waals surface area contributed by atoms with Gasteiger partial charge in [-0.2, -0.15) is 0 Å². The van der Waals surface area contributed by atoms with Crippen LogP contribution in [0.3, 0.4) is 0 Å². The fourth-order valence-electron chi connectivity index (χ4n) is 4.36. The zero-order valence-electron chi connectivity index (χ0n) is 24.2. The van der Waals surface area contributed by atoms with Crippen LogP contribution in [0.1, 0.15) is 39.2 Å². The van der Waals surface area contributed by atoms with Gasteiger partial charge < -0.3 is 19.7 Å². The van der Waals surface area contributed by atoms with Crippen molar-refractivity contribution in [2.24, 2.45) is 0 Å². The van der Waals surface area contributed by atoms with E-state index in [-0.39, 0.29) is 34.8 Å². The third kappa shape index (κ3) is 7.79. The van der Waals surface area contributed by atoms with E-state index in [9.17, 15) is 18.0 Å². The van der Waals surface area contributed by atoms with Crippen LogP contribution in [0.5, 0.6) is 11.5 Å². The van der Waals surface area contributed by atoms with Gasteiger partial charge in [0, 0.05) is 12.6 Å². The van der Waals surface area contributed by atoms with Gasteiger partial charge in [0.25, 0.3) is 10.0 Å². The van der Waals surface area contributed by atoms with Crippen molar-refractivity contribution < 1.29 is 27.5 Å². The lowest BCUT2D eigenvalue weighted by molar-refractivity contribution is -0.140. The molecule has 3 aromatic carbocycles. The van der Waals surface area contributed by atoms with E-state index >= 15 is 0 Å². The third-order valence-electron chi connectivity index (χ3n) is 6.86. The zero-order valence-corrected chi connectivity index (χ0v) is 25.1. The van der Waals surface area contributed by atoms with Crippen molar-refractivity contribution in [2.75, 3.05) is 25.1 Å². The molecule has 41 heavy (non-hydrogen) atoms. The number of rotatable bonds is 14. The molecule has 0 radical (unpaired) electrons. The molecule has 2 amide bonds. The van der Waals surface area contributed by atoms with E-state index in [0.717, 1.165) is 16.3 Å². The molecule has 9 nitrogen and oxygen atoms in total. The van der Waals surface area contributed by atoms with Crippen LogP contribution in [0, 0.1) is 0 Å². The van der Waals surface area contributed by atoms with E-state index in [0.29, 0.717) is 12.2 Å². The summed E-state index contributed by atoms with van der Waals surface area (Å²) in [6, 6.07) is 21.0. The molecule has 10 heteroatoms. The van der Waals surface area contributed by atoms with Gasteiger partial charge in [0.2, 0.25) is 11.8 Å². The number of hydrogen-bond acceptors (Lipinski definition) is 6. The maximum Gasteiger partial charge on any atom is 0.264 e. The van der Waals surface area contributed by atoms with Gasteiger partial charge in [0.05, 0.1) is 24.8 Å². The molecule has 1 N–H and O–H groups in total. The Kier molecular flexibility index (Phi) is 11.2. The van der Waals surface area contributed by atoms with Gasteiger partial charge in [0.1, 0.15) is 24.1 Å². The van der Waals surface area contributed by atoms with Crippen molar-refractivity contribution in [3.8, 4) is 11.5 Å². The maximum absolute atomic E-state index is 14.1. The molecule has 0 saturated carbocycles. The summed E-state index contributed by atoms with van der Waals surface area (Å²) in [5.41, 5.74) is 1.02. The van der Waals surface area contributed by atoms with Crippen LogP contribution in [0.2, 0.25) is 0 Å². The summed E-state index contributed by atoms with van der Waals surface area (Å²) in [6.07, 6.45) is 1.08. The second-order valence-electron chi connectivity index (χ2n) is 9.61. The quantitative estimate of drug-likeness (QED) is 0.298. The predicted molar refractivity (Wildman–Crippen MR) is 159 cm³/mol. The molecular formula is C31H39N3O6S. The van der Waals surface area contributed by atoms with Crippen LogP contribution in [-0.2, 0) is 26.2 Å². The summed E-state index contributed by atoms with van der Waals surface area (Å²) >= 11 is 0. The molecule has 0 aliphatic carbocycles. The number of ether oxygens (including phenoxy) is 2. The molecule has 2 atom stereocenters. The number of nitrogens with zero attached hydrogens (tertiary/aromatic N) is 2. The molecule has 0 fully saturated rings. The van der Waals surface area contributed by atoms with Crippen LogP contribution in [-0.4, -0.2) is 58.0 Å². The summed E-state index contributed by atoms with van der Waals surface area (Å²) in [7, 11) is -1.31. The summed E-state index contributed by atoms with van der Waals surface area (Å²) in [6.45, 7) is 5.29. The highest BCUT2D eigenvalue weighted by Crippen LogP contribution is 2.33. The summed E-state index contributed by atoms with van der Waals surface area (Å²) in [5.74, 6) is -0.0273. The first-order valence-corrected chi connectivity index (χ1v) is 15.0. The average molecular weight is 582 g/mol. The maximum atomic E-state index is 14.1. The molecule has 3 rings (SSSR count). The molecule has 0 heterocycles. The Morgan fingerprint density at radius 2 is 1.49 bits per heavy atom. The van der Waals surface area contributed by atoms with E-state index in [1.54, 1.807) is 36.4 Å². The molecule has 0 spiro atoms. The van der Waals surface area contributed by atoms with Crippen molar-refractivity contribution in [3.05, 3.63) is 84.4 Å². The van der Waals surface area contributed by atoms with E-state index in [1.807, 2.05) is 51.1 Å². The lowest BCUT2D eigenvalue weighted by Crippen LogP contribution is -2.53. The molecule has 0 aromatic heterocycles.